The molecule has 0 heterocycles. The summed E-state index contributed by atoms with van der Waals surface area (Å²) in [7, 11) is 0. The maximum absolute atomic E-state index is 9.65. The van der Waals surface area contributed by atoms with Crippen LogP contribution in [0, 0.1) is 4.91 Å². The SMILES string of the molecule is CCCCCN(N)N=O. The first-order chi connectivity index (χ1) is 4.31. The largest absolute Gasteiger partial charge is 0.229 e. The molecule has 0 saturated heterocycles. The third-order valence-electron chi connectivity index (χ3n) is 1.10. The third kappa shape index (κ3) is 5.23. The van der Waals surface area contributed by atoms with Crippen LogP contribution in [0.15, 0.2) is 5.29 Å². The number of hydrogen-bond acceptors (Lipinski definition) is 3. The summed E-state index contributed by atoms with van der Waals surface area (Å²) in [5.74, 6) is 5.07. The Hall–Kier alpha value is -0.640. The summed E-state index contributed by atoms with van der Waals surface area (Å²) in [6.45, 7) is 2.66. The van der Waals surface area contributed by atoms with Gasteiger partial charge in [0.25, 0.3) is 0 Å². The summed E-state index contributed by atoms with van der Waals surface area (Å²) >= 11 is 0. The lowest BCUT2D eigenvalue weighted by atomic mass is 10.2. The van der Waals surface area contributed by atoms with Gasteiger partial charge < -0.3 is 0 Å². The number of nitrogens with two attached hydrogens (primary N) is 1. The lowest BCUT2D eigenvalue weighted by Gasteiger charge is -2.05. The van der Waals surface area contributed by atoms with Crippen molar-refractivity contribution in [2.24, 2.45) is 11.1 Å². The van der Waals surface area contributed by atoms with Crippen LogP contribution in [0.3, 0.4) is 0 Å². The van der Waals surface area contributed by atoms with E-state index in [2.05, 4.69) is 12.2 Å². The molecule has 0 unspecified atom stereocenters. The molecule has 0 aliphatic carbocycles. The molecule has 0 amide bonds. The first kappa shape index (κ1) is 8.36. The fourth-order valence-corrected chi connectivity index (χ4v) is 0.565. The molecular formula is C5H13N3O. The Balaban J connectivity index is 2.96. The van der Waals surface area contributed by atoms with Crippen molar-refractivity contribution < 1.29 is 0 Å². The fourth-order valence-electron chi connectivity index (χ4n) is 0.565. The molecule has 0 radical (unpaired) electrons. The van der Waals surface area contributed by atoms with Crippen LogP contribution in [0.5, 0.6) is 0 Å². The molecule has 0 saturated carbocycles. The minimum atomic E-state index is 0.567. The van der Waals surface area contributed by atoms with Crippen molar-refractivity contribution >= 4 is 0 Å². The zero-order valence-corrected chi connectivity index (χ0v) is 5.71. The molecule has 0 aromatic heterocycles. The molecular weight excluding hydrogens is 118 g/mol. The highest BCUT2D eigenvalue weighted by Gasteiger charge is 1.91. The molecule has 4 heteroatoms. The maximum atomic E-state index is 9.65. The fraction of sp³-hybridized carbons (Fsp3) is 1.00. The van der Waals surface area contributed by atoms with Gasteiger partial charge in [0.05, 0.1) is 11.8 Å². The second-order valence-corrected chi connectivity index (χ2v) is 1.95. The Labute approximate surface area is 54.9 Å². The van der Waals surface area contributed by atoms with Crippen LogP contribution in [0.4, 0.5) is 0 Å². The Morgan fingerprint density at radius 1 is 1.56 bits per heavy atom. The molecule has 0 atom stereocenters. The number of unbranched alkanes of at least 4 members (excludes halogenated alkanes) is 2. The summed E-state index contributed by atoms with van der Waals surface area (Å²) in [6.07, 6.45) is 3.18. The van der Waals surface area contributed by atoms with Crippen molar-refractivity contribution in [2.45, 2.75) is 26.2 Å². The Kier molecular flexibility index (Phi) is 5.11. The second kappa shape index (κ2) is 5.50. The molecule has 4 nitrogen and oxygen atoms in total. The average Bonchev–Trinajstić information content (AvgIpc) is 1.89. The molecule has 2 N–H and O–H groups in total. The standard InChI is InChI=1S/C5H13N3O/c1-2-3-4-5-8(6)7-9/h2-6H2,1H3. The van der Waals surface area contributed by atoms with E-state index in [1.165, 1.54) is 0 Å². The van der Waals surface area contributed by atoms with E-state index in [0.717, 1.165) is 24.4 Å². The van der Waals surface area contributed by atoms with Gasteiger partial charge >= 0.3 is 0 Å². The van der Waals surface area contributed by atoms with Crippen LogP contribution in [0.2, 0.25) is 0 Å². The Morgan fingerprint density at radius 3 is 2.67 bits per heavy atom. The number of nitroso groups, excluding NO2 is 1. The van der Waals surface area contributed by atoms with Gasteiger partial charge in [-0.15, -0.1) is 4.91 Å². The van der Waals surface area contributed by atoms with E-state index in [-0.39, 0.29) is 0 Å². The Morgan fingerprint density at radius 2 is 2.22 bits per heavy atom. The van der Waals surface area contributed by atoms with Crippen LogP contribution >= 0.6 is 0 Å². The molecule has 9 heavy (non-hydrogen) atoms. The van der Waals surface area contributed by atoms with E-state index in [0.29, 0.717) is 6.54 Å². The van der Waals surface area contributed by atoms with Crippen LogP contribution < -0.4 is 5.84 Å². The Bertz CT molecular complexity index is 76.6. The topological polar surface area (TPSA) is 58.7 Å². The normalized spacial score (nSPS) is 9.11. The summed E-state index contributed by atoms with van der Waals surface area (Å²) in [4.78, 5) is 9.65. The molecule has 0 fully saturated rings. The smallest absolute Gasteiger partial charge is 0.0681 e. The van der Waals surface area contributed by atoms with Gasteiger partial charge in [0.15, 0.2) is 0 Å². The number of hydrogen-bond donors (Lipinski definition) is 1. The zero-order valence-electron chi connectivity index (χ0n) is 5.71. The van der Waals surface area contributed by atoms with E-state index in [1.54, 1.807) is 0 Å². The molecule has 0 spiro atoms. The average molecular weight is 131 g/mol. The van der Waals surface area contributed by atoms with Crippen molar-refractivity contribution in [1.82, 2.24) is 5.12 Å². The number of rotatable bonds is 5. The first-order valence-electron chi connectivity index (χ1n) is 3.16. The predicted octanol–water partition coefficient (Wildman–Crippen LogP) is 1.03. The lowest BCUT2D eigenvalue weighted by molar-refractivity contribution is 0.287. The maximum Gasteiger partial charge on any atom is 0.0681 e. The molecule has 54 valence electrons. The van der Waals surface area contributed by atoms with Gasteiger partial charge in [-0.1, -0.05) is 19.8 Å². The number of nitrogens with zero attached hydrogens (tertiary/aromatic N) is 2. The third-order valence-corrected chi connectivity index (χ3v) is 1.10. The summed E-state index contributed by atoms with van der Waals surface area (Å²) in [6, 6.07) is 0. The number of hydrazine groups is 1. The van der Waals surface area contributed by atoms with Crippen LogP contribution in [0.1, 0.15) is 26.2 Å². The minimum Gasteiger partial charge on any atom is -0.229 e. The van der Waals surface area contributed by atoms with Gasteiger partial charge in [0.1, 0.15) is 0 Å². The van der Waals surface area contributed by atoms with Gasteiger partial charge in [-0.3, -0.25) is 0 Å². The second-order valence-electron chi connectivity index (χ2n) is 1.95. The molecule has 0 aromatic rings. The highest BCUT2D eigenvalue weighted by atomic mass is 16.3. The van der Waals surface area contributed by atoms with Crippen molar-refractivity contribution in [1.29, 1.82) is 0 Å². The summed E-state index contributed by atoms with van der Waals surface area (Å²) in [5, 5.41) is 3.45. The molecule has 0 aliphatic heterocycles. The summed E-state index contributed by atoms with van der Waals surface area (Å²) < 4.78 is 0. The molecule has 0 bridgehead atoms. The van der Waals surface area contributed by atoms with E-state index < -0.39 is 0 Å². The highest BCUT2D eigenvalue weighted by Crippen LogP contribution is 1.93. The van der Waals surface area contributed by atoms with E-state index in [9.17, 15) is 4.91 Å². The molecule has 0 aromatic carbocycles. The van der Waals surface area contributed by atoms with Crippen molar-refractivity contribution in [3.63, 3.8) is 0 Å². The first-order valence-corrected chi connectivity index (χ1v) is 3.16. The van der Waals surface area contributed by atoms with Crippen LogP contribution in [-0.4, -0.2) is 11.7 Å². The van der Waals surface area contributed by atoms with E-state index in [4.69, 9.17) is 5.84 Å². The summed E-state index contributed by atoms with van der Waals surface area (Å²) in [5.41, 5.74) is 0. The zero-order chi connectivity index (χ0) is 7.11. The molecule has 0 aliphatic rings. The van der Waals surface area contributed by atoms with E-state index >= 15 is 0 Å². The van der Waals surface area contributed by atoms with Gasteiger partial charge in [-0.2, -0.15) is 5.12 Å². The van der Waals surface area contributed by atoms with Gasteiger partial charge in [-0.05, 0) is 6.42 Å². The van der Waals surface area contributed by atoms with Crippen LogP contribution in [-0.2, 0) is 0 Å². The lowest BCUT2D eigenvalue weighted by Crippen LogP contribution is -2.25. The van der Waals surface area contributed by atoms with Gasteiger partial charge in [0.2, 0.25) is 0 Å². The minimum absolute atomic E-state index is 0.567. The van der Waals surface area contributed by atoms with Gasteiger partial charge in [0, 0.05) is 0 Å². The monoisotopic (exact) mass is 131 g/mol. The van der Waals surface area contributed by atoms with E-state index in [1.807, 2.05) is 0 Å². The van der Waals surface area contributed by atoms with Gasteiger partial charge in [-0.25, -0.2) is 5.84 Å². The predicted molar refractivity (Wildman–Crippen MR) is 36.2 cm³/mol. The van der Waals surface area contributed by atoms with Crippen LogP contribution in [0.25, 0.3) is 0 Å². The van der Waals surface area contributed by atoms with Crippen molar-refractivity contribution in [2.75, 3.05) is 6.54 Å². The quantitative estimate of drug-likeness (QED) is 0.262. The highest BCUT2D eigenvalue weighted by molar-refractivity contribution is 4.41. The van der Waals surface area contributed by atoms with Crippen molar-refractivity contribution in [3.05, 3.63) is 4.91 Å². The van der Waals surface area contributed by atoms with Crippen molar-refractivity contribution in [3.8, 4) is 0 Å². The molecule has 0 rings (SSSR count).